The van der Waals surface area contributed by atoms with Crippen LogP contribution in [0.2, 0.25) is 0 Å². The molecule has 1 heterocycles. The molecule has 1 aliphatic heterocycles. The summed E-state index contributed by atoms with van der Waals surface area (Å²) in [6.45, 7) is 0.385. The van der Waals surface area contributed by atoms with Crippen LogP contribution in [0.5, 0.6) is 5.75 Å². The van der Waals surface area contributed by atoms with Crippen molar-refractivity contribution >= 4 is 28.9 Å². The number of nitrogens with one attached hydrogen (secondary N) is 1. The zero-order valence-electron chi connectivity index (χ0n) is 16.7. The Kier molecular flexibility index (Phi) is 5.39. The number of nitro groups is 1. The largest absolute Gasteiger partial charge is 0.497 e. The number of fused-ring (bicyclic) bond motifs is 1. The Morgan fingerprint density at radius 2 is 1.70 bits per heavy atom. The first-order valence-corrected chi connectivity index (χ1v) is 10.0. The van der Waals surface area contributed by atoms with Crippen molar-refractivity contribution in [1.82, 2.24) is 0 Å². The highest BCUT2D eigenvalue weighted by Crippen LogP contribution is 2.41. The molecule has 0 aromatic heterocycles. The van der Waals surface area contributed by atoms with Crippen LogP contribution in [0.3, 0.4) is 0 Å². The first-order chi connectivity index (χ1) is 14.5. The van der Waals surface area contributed by atoms with Crippen LogP contribution in [0.4, 0.5) is 17.1 Å². The molecule has 1 aliphatic carbocycles. The highest BCUT2D eigenvalue weighted by atomic mass is 16.6. The minimum atomic E-state index is -0.502. The van der Waals surface area contributed by atoms with Crippen LogP contribution in [0, 0.1) is 22.0 Å². The van der Waals surface area contributed by atoms with Gasteiger partial charge in [0.05, 0.1) is 29.6 Å². The number of nitro benzene ring substituents is 1. The van der Waals surface area contributed by atoms with E-state index in [1.54, 1.807) is 19.2 Å². The number of methoxy groups -OCH3 is 1. The van der Waals surface area contributed by atoms with Crippen LogP contribution < -0.4 is 15.0 Å². The molecular weight excluding hydrogens is 386 g/mol. The van der Waals surface area contributed by atoms with E-state index in [4.69, 9.17) is 4.74 Å². The van der Waals surface area contributed by atoms with Crippen molar-refractivity contribution in [2.24, 2.45) is 11.8 Å². The lowest BCUT2D eigenvalue weighted by molar-refractivity contribution is -0.383. The number of hydrogen-bond acceptors (Lipinski definition) is 6. The minimum absolute atomic E-state index is 0.170. The summed E-state index contributed by atoms with van der Waals surface area (Å²) in [6, 6.07) is 11.8. The summed E-state index contributed by atoms with van der Waals surface area (Å²) in [7, 11) is 1.59. The lowest BCUT2D eigenvalue weighted by Gasteiger charge is -2.19. The third kappa shape index (κ3) is 3.60. The molecule has 0 bridgehead atoms. The molecule has 156 valence electrons. The number of carbonyl (C=O) groups excluding carboxylic acids is 2. The first kappa shape index (κ1) is 19.9. The van der Waals surface area contributed by atoms with Crippen LogP contribution >= 0.6 is 0 Å². The van der Waals surface area contributed by atoms with Gasteiger partial charge in [0.25, 0.3) is 5.69 Å². The average molecular weight is 409 g/mol. The van der Waals surface area contributed by atoms with Gasteiger partial charge in [-0.15, -0.1) is 0 Å². The van der Waals surface area contributed by atoms with Crippen molar-refractivity contribution in [3.63, 3.8) is 0 Å². The SMILES string of the molecule is COc1ccc(CNc2ccc(N3C(=O)[C@H]4CCCC[C@H]4C3=O)cc2[N+](=O)[O-])cc1. The van der Waals surface area contributed by atoms with E-state index in [1.165, 1.54) is 6.07 Å². The quantitative estimate of drug-likeness (QED) is 0.441. The van der Waals surface area contributed by atoms with Crippen LogP contribution in [0.1, 0.15) is 31.2 Å². The molecule has 2 aliphatic rings. The highest BCUT2D eigenvalue weighted by molar-refractivity contribution is 6.22. The fourth-order valence-corrected chi connectivity index (χ4v) is 4.32. The van der Waals surface area contributed by atoms with Gasteiger partial charge in [-0.25, -0.2) is 4.90 Å². The second-order valence-corrected chi connectivity index (χ2v) is 7.67. The maximum Gasteiger partial charge on any atom is 0.294 e. The summed E-state index contributed by atoms with van der Waals surface area (Å²) >= 11 is 0. The second kappa shape index (κ2) is 8.14. The standard InChI is InChI=1S/C22H23N3O5/c1-30-16-9-6-14(7-10-16)13-23-19-11-8-15(12-20(19)25(28)29)24-21(26)17-4-2-3-5-18(17)22(24)27/h6-12,17-18,23H,2-5,13H2,1H3/t17-,18+. The molecule has 4 rings (SSSR count). The topological polar surface area (TPSA) is 102 Å². The number of anilines is 2. The molecule has 0 unspecified atom stereocenters. The van der Waals surface area contributed by atoms with E-state index < -0.39 is 4.92 Å². The average Bonchev–Trinajstić information content (AvgIpc) is 3.03. The van der Waals surface area contributed by atoms with Gasteiger partial charge in [-0.1, -0.05) is 25.0 Å². The molecule has 1 N–H and O–H groups in total. The smallest absolute Gasteiger partial charge is 0.294 e. The van der Waals surface area contributed by atoms with Crippen molar-refractivity contribution in [2.45, 2.75) is 32.2 Å². The third-order valence-corrected chi connectivity index (χ3v) is 5.92. The normalized spacial score (nSPS) is 20.8. The van der Waals surface area contributed by atoms with Crippen LogP contribution in [-0.2, 0) is 16.1 Å². The van der Waals surface area contributed by atoms with E-state index >= 15 is 0 Å². The minimum Gasteiger partial charge on any atom is -0.497 e. The molecule has 30 heavy (non-hydrogen) atoms. The molecule has 1 saturated carbocycles. The van der Waals surface area contributed by atoms with E-state index in [0.717, 1.165) is 29.1 Å². The van der Waals surface area contributed by atoms with Gasteiger partial charge in [-0.05, 0) is 42.7 Å². The Morgan fingerprint density at radius 1 is 1.07 bits per heavy atom. The Balaban J connectivity index is 1.56. The molecule has 1 saturated heterocycles. The van der Waals surface area contributed by atoms with E-state index in [9.17, 15) is 19.7 Å². The maximum absolute atomic E-state index is 12.8. The molecule has 2 fully saturated rings. The Bertz CT molecular complexity index is 965. The predicted octanol–water partition coefficient (Wildman–Crippen LogP) is 3.90. The monoisotopic (exact) mass is 409 g/mol. The lowest BCUT2D eigenvalue weighted by atomic mass is 9.81. The number of rotatable bonds is 6. The third-order valence-electron chi connectivity index (χ3n) is 5.92. The van der Waals surface area contributed by atoms with Crippen molar-refractivity contribution in [1.29, 1.82) is 0 Å². The van der Waals surface area contributed by atoms with Crippen molar-refractivity contribution in [3.05, 3.63) is 58.1 Å². The molecule has 2 aromatic rings. The number of carbonyl (C=O) groups is 2. The van der Waals surface area contributed by atoms with Crippen molar-refractivity contribution in [3.8, 4) is 5.75 Å². The summed E-state index contributed by atoms with van der Waals surface area (Å²) in [5, 5.41) is 14.7. The Hall–Kier alpha value is -3.42. The van der Waals surface area contributed by atoms with E-state index in [1.807, 2.05) is 24.3 Å². The Morgan fingerprint density at radius 3 is 2.27 bits per heavy atom. The van der Waals surface area contributed by atoms with Crippen molar-refractivity contribution in [2.75, 3.05) is 17.3 Å². The zero-order chi connectivity index (χ0) is 21.3. The van der Waals surface area contributed by atoms with Crippen LogP contribution in [0.25, 0.3) is 0 Å². The fraction of sp³-hybridized carbons (Fsp3) is 0.364. The van der Waals surface area contributed by atoms with E-state index in [2.05, 4.69) is 5.32 Å². The molecule has 8 nitrogen and oxygen atoms in total. The van der Waals surface area contributed by atoms with Gasteiger partial charge in [-0.2, -0.15) is 0 Å². The number of amides is 2. The molecule has 0 radical (unpaired) electrons. The van der Waals surface area contributed by atoms with Crippen LogP contribution in [0.15, 0.2) is 42.5 Å². The molecule has 0 spiro atoms. The summed E-state index contributed by atoms with van der Waals surface area (Å²) < 4.78 is 5.13. The summed E-state index contributed by atoms with van der Waals surface area (Å²) in [6.07, 6.45) is 3.27. The van der Waals surface area contributed by atoms with Gasteiger partial charge < -0.3 is 10.1 Å². The molecule has 8 heteroatoms. The number of ether oxygens (including phenoxy) is 1. The Labute approximate surface area is 174 Å². The van der Waals surface area contributed by atoms with Gasteiger partial charge in [0.1, 0.15) is 11.4 Å². The summed E-state index contributed by atoms with van der Waals surface area (Å²) in [4.78, 5) is 37.9. The van der Waals surface area contributed by atoms with Gasteiger partial charge in [0.2, 0.25) is 11.8 Å². The maximum atomic E-state index is 12.8. The summed E-state index contributed by atoms with van der Waals surface area (Å²) in [5.41, 5.74) is 1.36. The molecule has 2 amide bonds. The number of hydrogen-bond donors (Lipinski definition) is 1. The van der Waals surface area contributed by atoms with Gasteiger partial charge in [0, 0.05) is 12.6 Å². The van der Waals surface area contributed by atoms with Crippen molar-refractivity contribution < 1.29 is 19.2 Å². The molecule has 2 aromatic carbocycles. The zero-order valence-corrected chi connectivity index (χ0v) is 16.7. The summed E-state index contributed by atoms with van der Waals surface area (Å²) in [5.74, 6) is -0.332. The van der Waals surface area contributed by atoms with E-state index in [0.29, 0.717) is 25.1 Å². The van der Waals surface area contributed by atoms with Gasteiger partial charge in [0.15, 0.2) is 0 Å². The number of nitrogens with zero attached hydrogens (tertiary/aromatic N) is 2. The number of imide groups is 1. The first-order valence-electron chi connectivity index (χ1n) is 10.0. The predicted molar refractivity (Wildman–Crippen MR) is 111 cm³/mol. The van der Waals surface area contributed by atoms with Crippen LogP contribution in [-0.4, -0.2) is 23.8 Å². The van der Waals surface area contributed by atoms with E-state index in [-0.39, 0.29) is 35.0 Å². The van der Waals surface area contributed by atoms with Gasteiger partial charge in [-0.3, -0.25) is 19.7 Å². The lowest BCUT2D eigenvalue weighted by Crippen LogP contribution is -2.30. The highest BCUT2D eigenvalue weighted by Gasteiger charge is 2.49. The molecular formula is C22H23N3O5. The number of benzene rings is 2. The molecule has 2 atom stereocenters. The van der Waals surface area contributed by atoms with Gasteiger partial charge >= 0.3 is 0 Å². The second-order valence-electron chi connectivity index (χ2n) is 7.67. The fourth-order valence-electron chi connectivity index (χ4n) is 4.32.